The van der Waals surface area contributed by atoms with Crippen LogP contribution in [0.2, 0.25) is 0 Å². The minimum absolute atomic E-state index is 0.403. The fourth-order valence-corrected chi connectivity index (χ4v) is 7.41. The maximum absolute atomic E-state index is 11.1. The molecule has 0 saturated heterocycles. The Morgan fingerprint density at radius 2 is 1.91 bits per heavy atom. The highest BCUT2D eigenvalue weighted by Gasteiger charge is 2.50. The summed E-state index contributed by atoms with van der Waals surface area (Å²) in [6.07, 6.45) is 16.1. The molecule has 3 rings (SSSR count). The average molecular weight is 465 g/mol. The topological polar surface area (TPSA) is 63.6 Å². The van der Waals surface area contributed by atoms with Crippen molar-refractivity contribution >= 4 is 10.4 Å². The Hall–Kier alpha value is -0.910. The Balaban J connectivity index is 1.70. The van der Waals surface area contributed by atoms with Gasteiger partial charge in [-0.2, -0.15) is 8.42 Å². The first kappa shape index (κ1) is 25.7. The second kappa shape index (κ2) is 10.6. The van der Waals surface area contributed by atoms with Gasteiger partial charge in [-0.15, -0.1) is 0 Å². The van der Waals surface area contributed by atoms with Gasteiger partial charge in [-0.1, -0.05) is 76.8 Å². The molecule has 32 heavy (non-hydrogen) atoms. The SMILES string of the molecule is C=C1CC[C@H](OS(=O)(=O)O)C/C1=C\C=C1/CCC[C@]2(C)[C@@H]([C@H](C)CCCC(C)C)CC[C@@H]12. The molecule has 3 aliphatic carbocycles. The number of rotatable bonds is 8. The molecule has 4 nitrogen and oxygen atoms in total. The van der Waals surface area contributed by atoms with Crippen LogP contribution in [-0.2, 0) is 14.6 Å². The standard InChI is InChI=1S/C27H44O4S/c1-19(2)8-6-9-21(4)25-15-16-26-22(10-7-17-27(25,26)5)12-13-23-18-24(14-11-20(23)3)31-32(28,29)30/h12-13,19,21,24-26H,3,6-11,14-18H2,1-2,4-5H3,(H,28,29,30)/b22-12+,23-13+/t21-,24+,25-,26+,27-/m1/s1. The molecule has 5 heteroatoms. The zero-order valence-electron chi connectivity index (χ0n) is 20.6. The lowest BCUT2D eigenvalue weighted by atomic mass is 9.60. The maximum atomic E-state index is 11.1. The van der Waals surface area contributed by atoms with Crippen LogP contribution in [0.3, 0.4) is 0 Å². The molecule has 0 bridgehead atoms. The Labute approximate surface area is 196 Å². The summed E-state index contributed by atoms with van der Waals surface area (Å²) in [5, 5.41) is 0. The van der Waals surface area contributed by atoms with Crippen LogP contribution in [0.1, 0.15) is 98.3 Å². The van der Waals surface area contributed by atoms with Crippen molar-refractivity contribution < 1.29 is 17.2 Å². The summed E-state index contributed by atoms with van der Waals surface area (Å²) in [5.74, 6) is 3.06. The van der Waals surface area contributed by atoms with Crippen LogP contribution in [0.5, 0.6) is 0 Å². The first-order valence-electron chi connectivity index (χ1n) is 12.7. The van der Waals surface area contributed by atoms with Gasteiger partial charge in [0.2, 0.25) is 0 Å². The van der Waals surface area contributed by atoms with E-state index >= 15 is 0 Å². The van der Waals surface area contributed by atoms with Gasteiger partial charge in [0.1, 0.15) is 0 Å². The normalized spacial score (nSPS) is 34.9. The predicted octanol–water partition coefficient (Wildman–Crippen LogP) is 7.45. The molecule has 182 valence electrons. The zero-order valence-corrected chi connectivity index (χ0v) is 21.4. The van der Waals surface area contributed by atoms with E-state index < -0.39 is 16.5 Å². The lowest BCUT2D eigenvalue weighted by Gasteiger charge is -2.44. The fraction of sp³-hybridized carbons (Fsp3) is 0.778. The average Bonchev–Trinajstić information content (AvgIpc) is 3.04. The zero-order chi connectivity index (χ0) is 23.5. The lowest BCUT2D eigenvalue weighted by Crippen LogP contribution is -2.36. The van der Waals surface area contributed by atoms with Gasteiger partial charge in [-0.05, 0) is 79.6 Å². The van der Waals surface area contributed by atoms with Gasteiger partial charge in [-0.3, -0.25) is 4.55 Å². The molecule has 0 aromatic carbocycles. The second-order valence-corrected chi connectivity index (χ2v) is 12.4. The number of fused-ring (bicyclic) bond motifs is 1. The van der Waals surface area contributed by atoms with Crippen molar-refractivity contribution in [1.82, 2.24) is 0 Å². The van der Waals surface area contributed by atoms with Crippen molar-refractivity contribution in [3.63, 3.8) is 0 Å². The molecular formula is C27H44O4S. The Morgan fingerprint density at radius 3 is 2.59 bits per heavy atom. The van der Waals surface area contributed by atoms with Gasteiger partial charge in [0.15, 0.2) is 0 Å². The van der Waals surface area contributed by atoms with Crippen LogP contribution in [0.15, 0.2) is 35.5 Å². The van der Waals surface area contributed by atoms with Crippen LogP contribution in [-0.4, -0.2) is 19.1 Å². The van der Waals surface area contributed by atoms with Crippen molar-refractivity contribution in [2.24, 2.45) is 29.1 Å². The van der Waals surface area contributed by atoms with E-state index in [1.165, 1.54) is 44.9 Å². The van der Waals surface area contributed by atoms with Crippen LogP contribution in [0.4, 0.5) is 0 Å². The molecule has 5 atom stereocenters. The summed E-state index contributed by atoms with van der Waals surface area (Å²) < 4.78 is 36.1. The fourth-order valence-electron chi connectivity index (χ4n) is 6.90. The van der Waals surface area contributed by atoms with Crippen LogP contribution >= 0.6 is 0 Å². The smallest absolute Gasteiger partial charge is 0.264 e. The molecule has 0 aliphatic heterocycles. The number of hydrogen-bond donors (Lipinski definition) is 1. The van der Waals surface area contributed by atoms with Crippen LogP contribution in [0, 0.1) is 29.1 Å². The summed E-state index contributed by atoms with van der Waals surface area (Å²) in [7, 11) is -4.42. The third kappa shape index (κ3) is 6.36. The van der Waals surface area contributed by atoms with E-state index in [2.05, 4.69) is 46.4 Å². The van der Waals surface area contributed by atoms with Gasteiger partial charge in [0, 0.05) is 6.42 Å². The lowest BCUT2D eigenvalue weighted by molar-refractivity contribution is 0.0929. The highest BCUT2D eigenvalue weighted by atomic mass is 32.3. The molecular weight excluding hydrogens is 420 g/mol. The minimum atomic E-state index is -4.42. The number of hydrogen-bond acceptors (Lipinski definition) is 3. The molecule has 1 N–H and O–H groups in total. The molecule has 0 heterocycles. The molecule has 0 unspecified atom stereocenters. The summed E-state index contributed by atoms with van der Waals surface area (Å²) in [4.78, 5) is 0. The van der Waals surface area contributed by atoms with Gasteiger partial charge >= 0.3 is 10.4 Å². The Bertz CT molecular complexity index is 838. The van der Waals surface area contributed by atoms with Gasteiger partial charge in [-0.25, -0.2) is 4.18 Å². The highest BCUT2D eigenvalue weighted by molar-refractivity contribution is 7.80. The Kier molecular flexibility index (Phi) is 8.49. The molecule has 3 aliphatic rings. The third-order valence-electron chi connectivity index (χ3n) is 8.59. The molecule has 0 aromatic rings. The molecule has 0 radical (unpaired) electrons. The first-order valence-corrected chi connectivity index (χ1v) is 14.1. The third-order valence-corrected chi connectivity index (χ3v) is 9.11. The monoisotopic (exact) mass is 464 g/mol. The Morgan fingerprint density at radius 1 is 1.16 bits per heavy atom. The second-order valence-electron chi connectivity index (χ2n) is 11.3. The van der Waals surface area contributed by atoms with Gasteiger partial charge in [0.25, 0.3) is 0 Å². The van der Waals surface area contributed by atoms with Gasteiger partial charge in [0.05, 0.1) is 6.10 Å². The summed E-state index contributed by atoms with van der Waals surface area (Å²) in [6, 6.07) is 0. The van der Waals surface area contributed by atoms with E-state index in [4.69, 9.17) is 8.74 Å². The van der Waals surface area contributed by atoms with E-state index in [-0.39, 0.29) is 0 Å². The van der Waals surface area contributed by atoms with E-state index in [0.717, 1.165) is 35.3 Å². The molecule has 0 aromatic heterocycles. The van der Waals surface area contributed by atoms with E-state index in [1.54, 1.807) is 5.57 Å². The quantitative estimate of drug-likeness (QED) is 0.379. The van der Waals surface area contributed by atoms with Crippen LogP contribution in [0.25, 0.3) is 0 Å². The molecule has 3 saturated carbocycles. The minimum Gasteiger partial charge on any atom is -0.264 e. The van der Waals surface area contributed by atoms with Crippen LogP contribution < -0.4 is 0 Å². The van der Waals surface area contributed by atoms with Crippen molar-refractivity contribution in [3.8, 4) is 0 Å². The van der Waals surface area contributed by atoms with E-state index in [0.29, 0.717) is 30.6 Å². The summed E-state index contributed by atoms with van der Waals surface area (Å²) in [6.45, 7) is 13.9. The van der Waals surface area contributed by atoms with Crippen molar-refractivity contribution in [1.29, 1.82) is 0 Å². The number of allylic oxidation sites excluding steroid dienone is 4. The molecule has 0 spiro atoms. The van der Waals surface area contributed by atoms with E-state index in [1.807, 2.05) is 0 Å². The first-order chi connectivity index (χ1) is 15.0. The van der Waals surface area contributed by atoms with Gasteiger partial charge < -0.3 is 0 Å². The summed E-state index contributed by atoms with van der Waals surface area (Å²) in [5.41, 5.74) is 4.08. The molecule has 3 fully saturated rings. The highest BCUT2D eigenvalue weighted by Crippen LogP contribution is 2.60. The largest absolute Gasteiger partial charge is 0.397 e. The molecule has 0 amide bonds. The maximum Gasteiger partial charge on any atom is 0.397 e. The van der Waals surface area contributed by atoms with Crippen molar-refractivity contribution in [2.75, 3.05) is 0 Å². The van der Waals surface area contributed by atoms with E-state index in [9.17, 15) is 8.42 Å². The van der Waals surface area contributed by atoms with Crippen molar-refractivity contribution in [3.05, 3.63) is 35.5 Å². The predicted molar refractivity (Wildman–Crippen MR) is 132 cm³/mol. The van der Waals surface area contributed by atoms with Crippen molar-refractivity contribution in [2.45, 2.75) is 104 Å². The summed E-state index contributed by atoms with van der Waals surface area (Å²) >= 11 is 0.